The third-order valence-electron chi connectivity index (χ3n) is 4.55. The first-order valence-electron chi connectivity index (χ1n) is 8.07. The van der Waals surface area contributed by atoms with Crippen molar-refractivity contribution < 1.29 is 9.90 Å². The highest BCUT2D eigenvalue weighted by atomic mass is 31.1. The monoisotopic (exact) mass is 332 g/mol. The number of fused-ring (bicyclic) bond motifs is 1. The molecule has 0 spiro atoms. The van der Waals surface area contributed by atoms with Gasteiger partial charge in [-0.15, -0.1) is 0 Å². The molecule has 23 heavy (non-hydrogen) atoms. The van der Waals surface area contributed by atoms with Crippen LogP contribution in [0.2, 0.25) is 0 Å². The summed E-state index contributed by atoms with van der Waals surface area (Å²) >= 11 is 0. The van der Waals surface area contributed by atoms with Gasteiger partial charge in [-0.1, -0.05) is 46.8 Å². The van der Waals surface area contributed by atoms with Gasteiger partial charge in [0.25, 0.3) is 5.56 Å². The molecule has 1 aliphatic rings. The number of carbonyl (C=O) groups is 1. The van der Waals surface area contributed by atoms with Gasteiger partial charge in [0.1, 0.15) is 5.65 Å². The summed E-state index contributed by atoms with van der Waals surface area (Å²) in [4.78, 5) is 28.6. The summed E-state index contributed by atoms with van der Waals surface area (Å²) in [5, 5.41) is 9.46. The van der Waals surface area contributed by atoms with Gasteiger partial charge >= 0.3 is 5.97 Å². The Morgan fingerprint density at radius 1 is 1.39 bits per heavy atom. The molecule has 0 aliphatic heterocycles. The molecular formula is C17H21N2O3P. The Labute approximate surface area is 136 Å². The zero-order valence-corrected chi connectivity index (χ0v) is 14.2. The van der Waals surface area contributed by atoms with Crippen LogP contribution in [0.1, 0.15) is 48.0 Å². The van der Waals surface area contributed by atoms with E-state index in [0.717, 1.165) is 11.7 Å². The number of hydrogen-bond donors (Lipinski definition) is 1. The average Bonchev–Trinajstić information content (AvgIpc) is 2.54. The van der Waals surface area contributed by atoms with Crippen LogP contribution >= 0.6 is 8.58 Å². The molecule has 0 amide bonds. The topological polar surface area (TPSA) is 71.7 Å². The van der Waals surface area contributed by atoms with Gasteiger partial charge in [-0.25, -0.2) is 9.78 Å². The smallest absolute Gasteiger partial charge is 0.343 e. The van der Waals surface area contributed by atoms with Gasteiger partial charge in [0.15, 0.2) is 5.56 Å². The van der Waals surface area contributed by atoms with Crippen LogP contribution < -0.4 is 11.0 Å². The van der Waals surface area contributed by atoms with Crippen molar-refractivity contribution in [3.63, 3.8) is 0 Å². The second kappa shape index (κ2) is 6.79. The van der Waals surface area contributed by atoms with Crippen molar-refractivity contribution in [1.82, 2.24) is 9.38 Å². The summed E-state index contributed by atoms with van der Waals surface area (Å²) in [5.74, 6) is -0.537. The van der Waals surface area contributed by atoms with Crippen LogP contribution in [0.5, 0.6) is 0 Å². The normalized spacial score (nSPS) is 16.4. The third-order valence-corrected chi connectivity index (χ3v) is 6.02. The van der Waals surface area contributed by atoms with Gasteiger partial charge in [-0.3, -0.25) is 9.20 Å². The van der Waals surface area contributed by atoms with Gasteiger partial charge in [-0.2, -0.15) is 0 Å². The van der Waals surface area contributed by atoms with Crippen LogP contribution in [0.4, 0.5) is 0 Å². The number of aromatic nitrogens is 2. The first-order valence-corrected chi connectivity index (χ1v) is 9.28. The number of hydrogen-bond acceptors (Lipinski definition) is 3. The SMILES string of the molecule is Cc1cccn2c(=O)c(C(=O)O)c(PCC3CCCCC3)nc12. The molecular weight excluding hydrogens is 311 g/mol. The Kier molecular flexibility index (Phi) is 4.76. The third kappa shape index (κ3) is 3.30. The van der Waals surface area contributed by atoms with E-state index >= 15 is 0 Å². The molecule has 1 atom stereocenters. The maximum atomic E-state index is 12.5. The number of carboxylic acids is 1. The van der Waals surface area contributed by atoms with Gasteiger partial charge < -0.3 is 5.11 Å². The molecule has 5 nitrogen and oxygen atoms in total. The Morgan fingerprint density at radius 2 is 2.13 bits per heavy atom. The van der Waals surface area contributed by atoms with E-state index in [9.17, 15) is 14.7 Å². The van der Waals surface area contributed by atoms with Gasteiger partial charge in [0.2, 0.25) is 0 Å². The highest BCUT2D eigenvalue weighted by Crippen LogP contribution is 2.29. The molecule has 1 fully saturated rings. The lowest BCUT2D eigenvalue weighted by Crippen LogP contribution is -2.32. The fourth-order valence-electron chi connectivity index (χ4n) is 3.25. The average molecular weight is 332 g/mol. The van der Waals surface area contributed by atoms with Crippen molar-refractivity contribution in [2.24, 2.45) is 5.92 Å². The van der Waals surface area contributed by atoms with E-state index < -0.39 is 11.5 Å². The van der Waals surface area contributed by atoms with E-state index in [1.165, 1.54) is 36.5 Å². The van der Waals surface area contributed by atoms with Crippen LogP contribution in [0, 0.1) is 12.8 Å². The second-order valence-electron chi connectivity index (χ2n) is 6.22. The number of carboxylic acid groups (broad SMARTS) is 1. The molecule has 1 saturated carbocycles. The van der Waals surface area contributed by atoms with Crippen molar-refractivity contribution >= 4 is 25.6 Å². The summed E-state index contributed by atoms with van der Waals surface area (Å²) in [6, 6.07) is 3.62. The maximum Gasteiger partial charge on any atom is 0.343 e. The molecule has 0 aromatic carbocycles. The number of aryl methyl sites for hydroxylation is 1. The van der Waals surface area contributed by atoms with Crippen LogP contribution in [0.25, 0.3) is 5.65 Å². The molecule has 1 unspecified atom stereocenters. The number of nitrogens with zero attached hydrogens (tertiary/aromatic N) is 2. The summed E-state index contributed by atoms with van der Waals surface area (Å²) in [5.41, 5.74) is 1.26. The van der Waals surface area contributed by atoms with E-state index in [1.54, 1.807) is 12.3 Å². The zero-order valence-electron chi connectivity index (χ0n) is 13.2. The molecule has 6 heteroatoms. The quantitative estimate of drug-likeness (QED) is 0.874. The van der Waals surface area contributed by atoms with E-state index in [0.29, 0.717) is 17.0 Å². The van der Waals surface area contributed by atoms with Crippen molar-refractivity contribution in [2.75, 3.05) is 6.16 Å². The lowest BCUT2D eigenvalue weighted by molar-refractivity contribution is 0.0696. The highest BCUT2D eigenvalue weighted by molar-refractivity contribution is 7.47. The minimum atomic E-state index is -1.18. The number of pyridine rings is 1. The van der Waals surface area contributed by atoms with Gasteiger partial charge in [-0.05, 0) is 30.6 Å². The van der Waals surface area contributed by atoms with Crippen LogP contribution in [-0.4, -0.2) is 26.6 Å². The highest BCUT2D eigenvalue weighted by Gasteiger charge is 2.21. The summed E-state index contributed by atoms with van der Waals surface area (Å²) in [6.07, 6.45) is 8.76. The Hall–Kier alpha value is -1.74. The van der Waals surface area contributed by atoms with Crippen LogP contribution in [0.3, 0.4) is 0 Å². The molecule has 0 saturated heterocycles. The molecule has 1 N–H and O–H groups in total. The molecule has 3 rings (SSSR count). The number of aromatic carboxylic acids is 1. The van der Waals surface area contributed by atoms with E-state index in [-0.39, 0.29) is 14.1 Å². The molecule has 2 aromatic heterocycles. The molecule has 2 heterocycles. The summed E-state index contributed by atoms with van der Waals surface area (Å²) in [6.45, 7) is 1.89. The predicted octanol–water partition coefficient (Wildman–Crippen LogP) is 2.59. The first-order chi connectivity index (χ1) is 11.1. The summed E-state index contributed by atoms with van der Waals surface area (Å²) in [7, 11) is 0.278. The predicted molar refractivity (Wildman–Crippen MR) is 92.5 cm³/mol. The largest absolute Gasteiger partial charge is 0.477 e. The van der Waals surface area contributed by atoms with Crippen molar-refractivity contribution in [2.45, 2.75) is 39.0 Å². The molecule has 1 aliphatic carbocycles. The fourth-order valence-corrected chi connectivity index (χ4v) is 4.72. The van der Waals surface area contributed by atoms with Gasteiger partial charge in [0, 0.05) is 6.20 Å². The number of rotatable bonds is 4. The van der Waals surface area contributed by atoms with Crippen molar-refractivity contribution in [3.8, 4) is 0 Å². The standard InChI is InChI=1S/C17H21N2O3P/c1-11-6-5-9-19-14(11)18-15(13(16(19)20)17(21)22)23-10-12-7-3-2-4-8-12/h5-6,9,12,23H,2-4,7-8,10H2,1H3,(H,21,22). The van der Waals surface area contributed by atoms with Crippen molar-refractivity contribution in [1.29, 1.82) is 0 Å². The molecule has 122 valence electrons. The Balaban J connectivity index is 2.00. The van der Waals surface area contributed by atoms with Crippen LogP contribution in [0.15, 0.2) is 23.1 Å². The lowest BCUT2D eigenvalue weighted by atomic mass is 9.91. The Morgan fingerprint density at radius 3 is 2.83 bits per heavy atom. The van der Waals surface area contributed by atoms with Gasteiger partial charge in [0.05, 0.1) is 5.44 Å². The fraction of sp³-hybridized carbons (Fsp3) is 0.471. The zero-order chi connectivity index (χ0) is 16.4. The molecule has 2 aromatic rings. The Bertz CT molecular complexity index is 794. The van der Waals surface area contributed by atoms with E-state index in [1.807, 2.05) is 13.0 Å². The summed E-state index contributed by atoms with van der Waals surface area (Å²) < 4.78 is 1.34. The van der Waals surface area contributed by atoms with E-state index in [2.05, 4.69) is 4.98 Å². The first kappa shape index (κ1) is 16.1. The second-order valence-corrected chi connectivity index (χ2v) is 7.45. The lowest BCUT2D eigenvalue weighted by Gasteiger charge is -2.21. The minimum Gasteiger partial charge on any atom is -0.477 e. The maximum absolute atomic E-state index is 12.5. The van der Waals surface area contributed by atoms with Crippen molar-refractivity contribution in [3.05, 3.63) is 39.8 Å². The van der Waals surface area contributed by atoms with Crippen LogP contribution in [-0.2, 0) is 0 Å². The van der Waals surface area contributed by atoms with E-state index in [4.69, 9.17) is 0 Å². The molecule has 0 bridgehead atoms. The molecule has 0 radical (unpaired) electrons. The minimum absolute atomic E-state index is 0.165.